The Hall–Kier alpha value is -2.80. The minimum absolute atomic E-state index is 0.000758. The number of furan rings is 1. The number of ether oxygens (including phenoxy) is 1. The standard InChI is InChI=1S/C22H29N3O4/c1-2-23-22(27)25(16-20-11-7-13-29-20)17-21(26)24(15-19-10-6-12-28-19)14-18-8-4-3-5-9-18/h3-6,8-10,12,20H,2,7,11,13-17H2,1H3,(H,23,27)/t20-/m0/s1. The second kappa shape index (κ2) is 10.7. The van der Waals surface area contributed by atoms with E-state index in [1.165, 1.54) is 0 Å². The van der Waals surface area contributed by atoms with Crippen LogP contribution in [0.15, 0.2) is 53.1 Å². The number of rotatable bonds is 9. The molecule has 0 bridgehead atoms. The summed E-state index contributed by atoms with van der Waals surface area (Å²) < 4.78 is 11.1. The zero-order valence-electron chi connectivity index (χ0n) is 16.9. The normalized spacial score (nSPS) is 15.8. The SMILES string of the molecule is CCNC(=O)N(CC(=O)N(Cc1ccccc1)Cc1ccco1)C[C@@H]1CCCO1. The van der Waals surface area contributed by atoms with Gasteiger partial charge in [0.05, 0.1) is 18.9 Å². The largest absolute Gasteiger partial charge is 0.467 e. The predicted octanol–water partition coefficient (Wildman–Crippen LogP) is 3.02. The Morgan fingerprint density at radius 2 is 1.93 bits per heavy atom. The van der Waals surface area contributed by atoms with Crippen LogP contribution >= 0.6 is 0 Å². The van der Waals surface area contributed by atoms with Crippen molar-refractivity contribution in [1.82, 2.24) is 15.1 Å². The maximum atomic E-state index is 13.2. The third kappa shape index (κ3) is 6.35. The Morgan fingerprint density at radius 1 is 1.10 bits per heavy atom. The lowest BCUT2D eigenvalue weighted by atomic mass is 10.2. The van der Waals surface area contributed by atoms with Gasteiger partial charge in [0.25, 0.3) is 0 Å². The second-order valence-electron chi connectivity index (χ2n) is 7.17. The molecule has 0 unspecified atom stereocenters. The highest BCUT2D eigenvalue weighted by molar-refractivity contribution is 5.84. The van der Waals surface area contributed by atoms with Crippen molar-refractivity contribution in [2.45, 2.75) is 39.0 Å². The van der Waals surface area contributed by atoms with Crippen LogP contribution in [0.5, 0.6) is 0 Å². The molecule has 2 heterocycles. The fraction of sp³-hybridized carbons (Fsp3) is 0.455. The van der Waals surface area contributed by atoms with Gasteiger partial charge < -0.3 is 24.3 Å². The molecule has 7 heteroatoms. The number of benzene rings is 1. The van der Waals surface area contributed by atoms with Crippen LogP contribution in [0.3, 0.4) is 0 Å². The van der Waals surface area contributed by atoms with Crippen molar-refractivity contribution in [2.24, 2.45) is 0 Å². The number of hydrogen-bond acceptors (Lipinski definition) is 4. The number of hydrogen-bond donors (Lipinski definition) is 1. The summed E-state index contributed by atoms with van der Waals surface area (Å²) >= 11 is 0. The summed E-state index contributed by atoms with van der Waals surface area (Å²) in [7, 11) is 0. The van der Waals surface area contributed by atoms with E-state index in [1.807, 2.05) is 43.3 Å². The first-order valence-corrected chi connectivity index (χ1v) is 10.1. The summed E-state index contributed by atoms with van der Waals surface area (Å²) in [5, 5.41) is 2.80. The topological polar surface area (TPSA) is 75.0 Å². The number of urea groups is 1. The molecular formula is C22H29N3O4. The van der Waals surface area contributed by atoms with Crippen LogP contribution in [0.2, 0.25) is 0 Å². The van der Waals surface area contributed by atoms with E-state index in [0.717, 1.165) is 18.4 Å². The first-order valence-electron chi connectivity index (χ1n) is 10.1. The van der Waals surface area contributed by atoms with E-state index < -0.39 is 0 Å². The van der Waals surface area contributed by atoms with Crippen molar-refractivity contribution in [1.29, 1.82) is 0 Å². The predicted molar refractivity (Wildman–Crippen MR) is 109 cm³/mol. The van der Waals surface area contributed by atoms with Crippen LogP contribution in [0.1, 0.15) is 31.1 Å². The van der Waals surface area contributed by atoms with E-state index in [0.29, 0.717) is 38.5 Å². The third-order valence-corrected chi connectivity index (χ3v) is 4.89. The Bertz CT molecular complexity index is 758. The molecule has 0 saturated carbocycles. The van der Waals surface area contributed by atoms with Gasteiger partial charge >= 0.3 is 6.03 Å². The van der Waals surface area contributed by atoms with Gasteiger partial charge in [0.2, 0.25) is 5.91 Å². The number of nitrogens with one attached hydrogen (secondary N) is 1. The first kappa shape index (κ1) is 20.9. The molecule has 1 aliphatic rings. The molecular weight excluding hydrogens is 370 g/mol. The maximum absolute atomic E-state index is 13.2. The summed E-state index contributed by atoms with van der Waals surface area (Å²) in [6, 6.07) is 13.2. The van der Waals surface area contributed by atoms with E-state index in [-0.39, 0.29) is 24.6 Å². The van der Waals surface area contributed by atoms with Crippen molar-refractivity contribution in [3.8, 4) is 0 Å². The molecule has 156 valence electrons. The molecule has 3 amide bonds. The summed E-state index contributed by atoms with van der Waals surface area (Å²) in [5.41, 5.74) is 1.02. The van der Waals surface area contributed by atoms with E-state index in [2.05, 4.69) is 5.32 Å². The summed E-state index contributed by atoms with van der Waals surface area (Å²) in [4.78, 5) is 29.0. The minimum atomic E-state index is -0.242. The Labute approximate surface area is 171 Å². The molecule has 1 atom stereocenters. The van der Waals surface area contributed by atoms with E-state index in [1.54, 1.807) is 22.1 Å². The first-order chi connectivity index (χ1) is 14.2. The molecule has 0 radical (unpaired) electrons. The highest BCUT2D eigenvalue weighted by Gasteiger charge is 2.26. The van der Waals surface area contributed by atoms with Gasteiger partial charge in [-0.1, -0.05) is 30.3 Å². The van der Waals surface area contributed by atoms with Gasteiger partial charge in [0, 0.05) is 26.2 Å². The van der Waals surface area contributed by atoms with Gasteiger partial charge in [-0.25, -0.2) is 4.79 Å². The van der Waals surface area contributed by atoms with Gasteiger partial charge in [-0.05, 0) is 37.5 Å². The van der Waals surface area contributed by atoms with Gasteiger partial charge in [0.1, 0.15) is 12.3 Å². The van der Waals surface area contributed by atoms with Gasteiger partial charge in [-0.2, -0.15) is 0 Å². The number of nitrogens with zero attached hydrogens (tertiary/aromatic N) is 2. The average molecular weight is 399 g/mol. The molecule has 1 saturated heterocycles. The zero-order valence-corrected chi connectivity index (χ0v) is 16.9. The number of carbonyl (C=O) groups is 2. The summed E-state index contributed by atoms with van der Waals surface area (Å²) in [5.74, 6) is 0.576. The molecule has 1 aromatic carbocycles. The number of carbonyl (C=O) groups excluding carboxylic acids is 2. The van der Waals surface area contributed by atoms with Crippen LogP contribution in [0.25, 0.3) is 0 Å². The van der Waals surface area contributed by atoms with Crippen LogP contribution < -0.4 is 5.32 Å². The monoisotopic (exact) mass is 399 g/mol. The minimum Gasteiger partial charge on any atom is -0.467 e. The lowest BCUT2D eigenvalue weighted by Gasteiger charge is -2.29. The lowest BCUT2D eigenvalue weighted by molar-refractivity contribution is -0.133. The van der Waals surface area contributed by atoms with Gasteiger partial charge in [-0.15, -0.1) is 0 Å². The van der Waals surface area contributed by atoms with Crippen LogP contribution in [0.4, 0.5) is 4.79 Å². The van der Waals surface area contributed by atoms with Gasteiger partial charge in [0.15, 0.2) is 0 Å². The second-order valence-corrected chi connectivity index (χ2v) is 7.17. The Kier molecular flexibility index (Phi) is 7.69. The molecule has 0 spiro atoms. The smallest absolute Gasteiger partial charge is 0.317 e. The summed E-state index contributed by atoms with van der Waals surface area (Å²) in [6.45, 7) is 4.29. The molecule has 2 aromatic rings. The fourth-order valence-corrected chi connectivity index (χ4v) is 3.41. The van der Waals surface area contributed by atoms with Crippen LogP contribution in [0, 0.1) is 0 Å². The van der Waals surface area contributed by atoms with Gasteiger partial charge in [-0.3, -0.25) is 4.79 Å². The highest BCUT2D eigenvalue weighted by atomic mass is 16.5. The molecule has 1 aromatic heterocycles. The van der Waals surface area contributed by atoms with E-state index in [4.69, 9.17) is 9.15 Å². The van der Waals surface area contributed by atoms with E-state index >= 15 is 0 Å². The van der Waals surface area contributed by atoms with E-state index in [9.17, 15) is 9.59 Å². The molecule has 1 aliphatic heterocycles. The molecule has 29 heavy (non-hydrogen) atoms. The maximum Gasteiger partial charge on any atom is 0.317 e. The zero-order chi connectivity index (χ0) is 20.5. The number of amides is 3. The molecule has 1 fully saturated rings. The third-order valence-electron chi connectivity index (χ3n) is 4.89. The Balaban J connectivity index is 1.71. The Morgan fingerprint density at radius 3 is 2.59 bits per heavy atom. The van der Waals surface area contributed by atoms with Crippen LogP contribution in [-0.2, 0) is 22.6 Å². The molecule has 0 aliphatic carbocycles. The summed E-state index contributed by atoms with van der Waals surface area (Å²) in [6.07, 6.45) is 3.47. The van der Waals surface area contributed by atoms with Crippen molar-refractivity contribution in [2.75, 3.05) is 26.2 Å². The van der Waals surface area contributed by atoms with Crippen molar-refractivity contribution in [3.63, 3.8) is 0 Å². The average Bonchev–Trinajstić information content (AvgIpc) is 3.42. The van der Waals surface area contributed by atoms with Crippen molar-refractivity contribution >= 4 is 11.9 Å². The molecule has 7 nitrogen and oxygen atoms in total. The highest BCUT2D eigenvalue weighted by Crippen LogP contribution is 2.15. The van der Waals surface area contributed by atoms with Crippen LogP contribution in [-0.4, -0.2) is 54.1 Å². The molecule has 3 rings (SSSR count). The van der Waals surface area contributed by atoms with Crippen molar-refractivity contribution in [3.05, 3.63) is 60.1 Å². The molecule has 1 N–H and O–H groups in total. The quantitative estimate of drug-likeness (QED) is 0.703. The fourth-order valence-electron chi connectivity index (χ4n) is 3.41. The van der Waals surface area contributed by atoms with Crippen molar-refractivity contribution < 1.29 is 18.7 Å². The lowest BCUT2D eigenvalue weighted by Crippen LogP contribution is -2.49.